The van der Waals surface area contributed by atoms with Crippen molar-refractivity contribution in [1.29, 1.82) is 0 Å². The van der Waals surface area contributed by atoms with Crippen LogP contribution in [-0.4, -0.2) is 24.3 Å². The van der Waals surface area contributed by atoms with Crippen LogP contribution in [0.3, 0.4) is 0 Å². The minimum atomic E-state index is -0.230. The largest absolute Gasteiger partial charge is 0.457 e. The number of Topliss-reactive ketones (excluding diaryl/α,β-unsaturated/α-hetero) is 1. The van der Waals surface area contributed by atoms with Crippen LogP contribution in [0.5, 0.6) is 0 Å². The zero-order valence-electron chi connectivity index (χ0n) is 18.7. The topological polar surface area (TPSA) is 72.5 Å². The van der Waals surface area contributed by atoms with E-state index in [-0.39, 0.29) is 29.7 Å². The summed E-state index contributed by atoms with van der Waals surface area (Å²) in [5.41, 5.74) is 1.30. The van der Waals surface area contributed by atoms with Crippen LogP contribution in [0.15, 0.2) is 24.3 Å². The van der Waals surface area contributed by atoms with Crippen LogP contribution in [0.2, 0.25) is 0 Å². The van der Waals surface area contributed by atoms with Gasteiger partial charge in [0, 0.05) is 17.7 Å². The lowest BCUT2D eigenvalue weighted by molar-refractivity contribution is -0.150. The van der Waals surface area contributed by atoms with Crippen molar-refractivity contribution >= 4 is 23.3 Å². The highest BCUT2D eigenvalue weighted by Crippen LogP contribution is 2.61. The van der Waals surface area contributed by atoms with Crippen molar-refractivity contribution < 1.29 is 19.1 Å². The summed E-state index contributed by atoms with van der Waals surface area (Å²) in [6, 6.07) is 6.80. The average molecular weight is 426 g/mol. The predicted octanol–water partition coefficient (Wildman–Crippen LogP) is 5.54. The van der Waals surface area contributed by atoms with Gasteiger partial charge in [0.05, 0.1) is 6.42 Å². The molecule has 1 N–H and O–H groups in total. The zero-order chi connectivity index (χ0) is 21.8. The second-order valence-corrected chi connectivity index (χ2v) is 10.3. The highest BCUT2D eigenvalue weighted by Gasteiger charge is 2.51. The van der Waals surface area contributed by atoms with Gasteiger partial charge in [-0.3, -0.25) is 14.4 Å². The minimum Gasteiger partial charge on any atom is -0.457 e. The monoisotopic (exact) mass is 425 g/mol. The van der Waals surface area contributed by atoms with Gasteiger partial charge in [-0.15, -0.1) is 0 Å². The lowest BCUT2D eigenvalue weighted by Crippen LogP contribution is -2.47. The first-order valence-corrected chi connectivity index (χ1v) is 12.0. The molecular formula is C26H35NO4. The molecule has 0 heterocycles. The van der Waals surface area contributed by atoms with E-state index in [0.717, 1.165) is 56.3 Å². The number of esters is 1. The number of nitrogens with one attached hydrogen (secondary N) is 1. The third-order valence-electron chi connectivity index (χ3n) is 7.55. The van der Waals surface area contributed by atoms with E-state index >= 15 is 0 Å². The Morgan fingerprint density at radius 3 is 2.16 bits per heavy atom. The molecule has 1 amide bonds. The quantitative estimate of drug-likeness (QED) is 0.304. The van der Waals surface area contributed by atoms with E-state index in [2.05, 4.69) is 12.2 Å². The van der Waals surface area contributed by atoms with Crippen molar-refractivity contribution in [3.05, 3.63) is 29.8 Å². The third kappa shape index (κ3) is 5.55. The molecule has 168 valence electrons. The molecule has 5 heteroatoms. The Morgan fingerprint density at radius 1 is 0.968 bits per heavy atom. The number of unbranched alkanes of at least 4 members (excludes halogenated alkanes) is 2. The Hall–Kier alpha value is -2.17. The third-order valence-corrected chi connectivity index (χ3v) is 7.55. The van der Waals surface area contributed by atoms with Gasteiger partial charge < -0.3 is 10.1 Å². The van der Waals surface area contributed by atoms with Gasteiger partial charge in [0.15, 0.2) is 12.4 Å². The maximum absolute atomic E-state index is 12.5. The molecule has 1 aromatic rings. The summed E-state index contributed by atoms with van der Waals surface area (Å²) in [5.74, 6) is 1.95. The maximum Gasteiger partial charge on any atom is 0.306 e. The van der Waals surface area contributed by atoms with Crippen molar-refractivity contribution in [2.75, 3.05) is 11.9 Å². The number of ketones is 1. The number of hydrogen-bond donors (Lipinski definition) is 1. The Bertz CT molecular complexity index is 778. The van der Waals surface area contributed by atoms with Crippen molar-refractivity contribution in [1.82, 2.24) is 0 Å². The van der Waals surface area contributed by atoms with Gasteiger partial charge in [-0.25, -0.2) is 0 Å². The molecule has 4 aliphatic carbocycles. The molecule has 0 aliphatic heterocycles. The summed E-state index contributed by atoms with van der Waals surface area (Å²) in [6.07, 6.45) is 11.5. The Morgan fingerprint density at radius 2 is 1.58 bits per heavy atom. The van der Waals surface area contributed by atoms with Crippen LogP contribution in [0.1, 0.15) is 87.9 Å². The Kier molecular flexibility index (Phi) is 6.78. The predicted molar refractivity (Wildman–Crippen MR) is 120 cm³/mol. The van der Waals surface area contributed by atoms with Gasteiger partial charge in [0.25, 0.3) is 0 Å². The van der Waals surface area contributed by atoms with Crippen molar-refractivity contribution in [3.63, 3.8) is 0 Å². The molecular weight excluding hydrogens is 390 g/mol. The lowest BCUT2D eigenvalue weighted by Gasteiger charge is -2.56. The zero-order valence-corrected chi connectivity index (χ0v) is 18.7. The molecule has 4 aliphatic rings. The van der Waals surface area contributed by atoms with Crippen LogP contribution in [0, 0.1) is 23.2 Å². The highest BCUT2D eigenvalue weighted by molar-refractivity contribution is 5.98. The minimum absolute atomic E-state index is 0.00821. The highest BCUT2D eigenvalue weighted by atomic mass is 16.5. The van der Waals surface area contributed by atoms with Crippen LogP contribution in [0.25, 0.3) is 0 Å². The van der Waals surface area contributed by atoms with Crippen LogP contribution in [0.4, 0.5) is 5.69 Å². The maximum atomic E-state index is 12.5. The molecule has 0 atom stereocenters. The number of anilines is 1. The first-order valence-electron chi connectivity index (χ1n) is 12.0. The molecule has 5 nitrogen and oxygen atoms in total. The Labute approximate surface area is 185 Å². The summed E-state index contributed by atoms with van der Waals surface area (Å²) in [5, 5.41) is 2.85. The lowest BCUT2D eigenvalue weighted by atomic mass is 9.49. The van der Waals surface area contributed by atoms with Crippen LogP contribution in [-0.2, 0) is 14.3 Å². The van der Waals surface area contributed by atoms with E-state index in [1.54, 1.807) is 24.3 Å². The van der Waals surface area contributed by atoms with E-state index in [4.69, 9.17) is 4.74 Å². The number of carbonyl (C=O) groups excluding carboxylic acids is 3. The fraction of sp³-hybridized carbons (Fsp3) is 0.654. The van der Waals surface area contributed by atoms with E-state index in [9.17, 15) is 14.4 Å². The molecule has 0 aromatic heterocycles. The number of rotatable bonds is 10. The summed E-state index contributed by atoms with van der Waals surface area (Å²) in [4.78, 5) is 36.9. The van der Waals surface area contributed by atoms with Gasteiger partial charge in [-0.2, -0.15) is 0 Å². The van der Waals surface area contributed by atoms with Crippen molar-refractivity contribution in [2.45, 2.75) is 77.6 Å². The van der Waals surface area contributed by atoms with Gasteiger partial charge in [0.1, 0.15) is 0 Å². The molecule has 4 fully saturated rings. The number of carbonyl (C=O) groups is 3. The van der Waals surface area contributed by atoms with Crippen LogP contribution < -0.4 is 5.32 Å². The number of hydrogen-bond acceptors (Lipinski definition) is 4. The van der Waals surface area contributed by atoms with E-state index in [1.165, 1.54) is 19.3 Å². The van der Waals surface area contributed by atoms with Crippen LogP contribution >= 0.6 is 0 Å². The molecule has 1 aromatic carbocycles. The van der Waals surface area contributed by atoms with Gasteiger partial charge in [-0.05, 0) is 92.4 Å². The fourth-order valence-electron chi connectivity index (χ4n) is 6.59. The molecule has 0 saturated heterocycles. The first-order chi connectivity index (χ1) is 14.9. The summed E-state index contributed by atoms with van der Waals surface area (Å²) >= 11 is 0. The van der Waals surface area contributed by atoms with Crippen molar-refractivity contribution in [2.24, 2.45) is 23.2 Å². The second kappa shape index (κ2) is 9.54. The van der Waals surface area contributed by atoms with E-state index in [0.29, 0.717) is 24.1 Å². The van der Waals surface area contributed by atoms with E-state index < -0.39 is 0 Å². The summed E-state index contributed by atoms with van der Waals surface area (Å²) < 4.78 is 5.39. The molecule has 0 unspecified atom stereocenters. The molecule has 5 rings (SSSR count). The second-order valence-electron chi connectivity index (χ2n) is 10.3. The molecule has 31 heavy (non-hydrogen) atoms. The number of amides is 1. The average Bonchev–Trinajstić information content (AvgIpc) is 2.71. The molecule has 4 saturated carbocycles. The summed E-state index contributed by atoms with van der Waals surface area (Å²) in [6.45, 7) is 1.89. The normalized spacial score (nSPS) is 28.4. The summed E-state index contributed by atoms with van der Waals surface area (Å²) in [7, 11) is 0. The SMILES string of the molecule is CCCCCC(=O)Nc1ccc(C(=O)COC(=O)CC23CC4CC(CC(C4)C2)C3)cc1. The smallest absolute Gasteiger partial charge is 0.306 e. The molecule has 0 spiro atoms. The number of benzene rings is 1. The van der Waals surface area contributed by atoms with Gasteiger partial charge in [0.2, 0.25) is 5.91 Å². The number of ether oxygens (including phenoxy) is 1. The van der Waals surface area contributed by atoms with Crippen molar-refractivity contribution in [3.8, 4) is 0 Å². The standard InChI is InChI=1S/C26H35NO4/c1-2-3-4-5-24(29)27-22-8-6-21(7-9-22)23(28)17-31-25(30)16-26-13-18-10-19(14-26)12-20(11-18)15-26/h6-9,18-20H,2-5,10-17H2,1H3,(H,27,29). The first kappa shape index (κ1) is 22.0. The van der Waals surface area contributed by atoms with E-state index in [1.807, 2.05) is 0 Å². The van der Waals surface area contributed by atoms with Gasteiger partial charge in [-0.1, -0.05) is 19.8 Å². The molecule has 0 radical (unpaired) electrons. The Balaban J connectivity index is 1.22. The molecule has 4 bridgehead atoms. The van der Waals surface area contributed by atoms with Gasteiger partial charge >= 0.3 is 5.97 Å². The fourth-order valence-corrected chi connectivity index (χ4v) is 6.59.